The van der Waals surface area contributed by atoms with E-state index < -0.39 is 0 Å². The summed E-state index contributed by atoms with van der Waals surface area (Å²) in [6, 6.07) is 72.9. The molecule has 0 radical (unpaired) electrons. The summed E-state index contributed by atoms with van der Waals surface area (Å²) >= 11 is 0. The molecule has 73 heavy (non-hydrogen) atoms. The molecule has 13 rings (SSSR count). The average Bonchev–Trinajstić information content (AvgIpc) is 3.78. The second kappa shape index (κ2) is 17.4. The van der Waals surface area contributed by atoms with Gasteiger partial charge in [-0.2, -0.15) is 0 Å². The Morgan fingerprint density at radius 1 is 0.315 bits per heavy atom. The van der Waals surface area contributed by atoms with Crippen LogP contribution in [0.5, 0.6) is 0 Å². The van der Waals surface area contributed by atoms with Crippen LogP contribution in [0.3, 0.4) is 0 Å². The Bertz CT molecular complexity index is 4320. The normalized spacial score (nSPS) is 11.7. The minimum absolute atomic E-state index is 0.831. The van der Waals surface area contributed by atoms with E-state index in [1.807, 2.05) is 6.20 Å². The van der Waals surface area contributed by atoms with Crippen LogP contribution in [0.1, 0.15) is 33.4 Å². The minimum atomic E-state index is 0.831. The number of nitrogens with zero attached hydrogens (tertiary/aromatic N) is 2. The highest BCUT2D eigenvalue weighted by Crippen LogP contribution is 2.44. The lowest BCUT2D eigenvalue weighted by molar-refractivity contribution is 0.670. The molecule has 0 spiro atoms. The zero-order valence-electron chi connectivity index (χ0n) is 41.9. The van der Waals surface area contributed by atoms with Gasteiger partial charge in [-0.05, 0) is 184 Å². The van der Waals surface area contributed by atoms with Crippen molar-refractivity contribution < 1.29 is 4.42 Å². The Balaban J connectivity index is 0.942. The number of hydrogen-bond acceptors (Lipinski definition) is 3. The first-order valence-corrected chi connectivity index (χ1v) is 25.3. The fraction of sp³-hybridized carbons (Fsp3) is 0.0857. The van der Waals surface area contributed by atoms with E-state index >= 15 is 0 Å². The van der Waals surface area contributed by atoms with Crippen LogP contribution in [0.2, 0.25) is 0 Å². The molecule has 0 atom stereocenters. The first-order valence-electron chi connectivity index (χ1n) is 25.3. The van der Waals surface area contributed by atoms with Crippen molar-refractivity contribution in [2.24, 2.45) is 0 Å². The smallest absolute Gasteiger partial charge is 0.143 e. The highest BCUT2D eigenvalue weighted by atomic mass is 16.3. The predicted octanol–water partition coefficient (Wildman–Crippen LogP) is 19.4. The third-order valence-corrected chi connectivity index (χ3v) is 15.0. The van der Waals surface area contributed by atoms with Gasteiger partial charge in [0.25, 0.3) is 0 Å². The number of hydrogen-bond donors (Lipinski definition) is 0. The van der Waals surface area contributed by atoms with E-state index in [4.69, 9.17) is 14.4 Å². The molecule has 0 aliphatic rings. The molecule has 0 amide bonds. The summed E-state index contributed by atoms with van der Waals surface area (Å²) in [7, 11) is 0. The summed E-state index contributed by atoms with van der Waals surface area (Å²) < 4.78 is 6.80. The van der Waals surface area contributed by atoms with Crippen LogP contribution in [0, 0.1) is 41.5 Å². The summed E-state index contributed by atoms with van der Waals surface area (Å²) in [5.74, 6) is 0. The number of fused-ring (bicyclic) bond motifs is 9. The first-order chi connectivity index (χ1) is 35.6. The molecule has 0 saturated carbocycles. The number of aryl methyl sites for hydroxylation is 6. The fourth-order valence-corrected chi connectivity index (χ4v) is 11.9. The van der Waals surface area contributed by atoms with Crippen molar-refractivity contribution in [2.75, 3.05) is 0 Å². The zero-order valence-corrected chi connectivity index (χ0v) is 41.9. The van der Waals surface area contributed by atoms with Crippen molar-refractivity contribution in [1.29, 1.82) is 0 Å². The lowest BCUT2D eigenvalue weighted by Crippen LogP contribution is -1.95. The summed E-state index contributed by atoms with van der Waals surface area (Å²) in [5.41, 5.74) is 27.1. The number of rotatable bonds is 7. The average molecular weight is 937 g/mol. The van der Waals surface area contributed by atoms with E-state index in [0.717, 1.165) is 93.9 Å². The standard InChI is InChI=1S/C70H52N2O/c1-41-29-43(3)66(44(4)30-41)54-23-26-57-60(36-54)61-37-55(67-45(5)31-42(2)32-46(67)6)24-27-58(61)69-68(57)71-40-64(72-69)53-22-14-20-50(34-53)49-19-13-21-52(33-49)59-38-56(48-17-11-8-12-18-48)39-63-62-35-51(47-15-9-7-10-16-47)25-28-65(62)73-70(59)63/h7-40H,1-6H3. The van der Waals surface area contributed by atoms with Gasteiger partial charge in [-0.1, -0.05) is 163 Å². The highest BCUT2D eigenvalue weighted by molar-refractivity contribution is 6.24. The SMILES string of the molecule is Cc1cc(C)c(-c2ccc3c(c2)c2cc(-c4c(C)cc(C)cc4C)ccc2c2nc(-c4cccc(-c5cccc(-c6cc(-c7ccccc7)cc7c6oc6ccc(-c8ccccc8)cc67)c5)c4)cnc32)c(C)c1. The van der Waals surface area contributed by atoms with E-state index in [-0.39, 0.29) is 0 Å². The maximum absolute atomic E-state index is 6.80. The van der Waals surface area contributed by atoms with E-state index in [2.05, 4.69) is 242 Å². The molecule has 0 saturated heterocycles. The van der Waals surface area contributed by atoms with Crippen LogP contribution >= 0.6 is 0 Å². The molecule has 0 fully saturated rings. The van der Waals surface area contributed by atoms with Crippen LogP contribution in [0.25, 0.3) is 133 Å². The van der Waals surface area contributed by atoms with Gasteiger partial charge < -0.3 is 4.42 Å². The third kappa shape index (κ3) is 7.68. The van der Waals surface area contributed by atoms with Crippen LogP contribution in [-0.4, -0.2) is 9.97 Å². The Morgan fingerprint density at radius 3 is 1.38 bits per heavy atom. The quantitative estimate of drug-likeness (QED) is 0.150. The summed E-state index contributed by atoms with van der Waals surface area (Å²) in [6.07, 6.45) is 1.95. The van der Waals surface area contributed by atoms with Gasteiger partial charge in [-0.25, -0.2) is 4.98 Å². The van der Waals surface area contributed by atoms with Gasteiger partial charge in [0.05, 0.1) is 22.9 Å². The van der Waals surface area contributed by atoms with Crippen molar-refractivity contribution in [2.45, 2.75) is 41.5 Å². The molecule has 3 heteroatoms. The molecule has 0 aliphatic heterocycles. The Kier molecular flexibility index (Phi) is 10.5. The summed E-state index contributed by atoms with van der Waals surface area (Å²) in [5, 5.41) is 6.74. The molecule has 13 aromatic rings. The van der Waals surface area contributed by atoms with Crippen molar-refractivity contribution in [1.82, 2.24) is 9.97 Å². The Morgan fingerprint density at radius 2 is 0.781 bits per heavy atom. The topological polar surface area (TPSA) is 38.9 Å². The van der Waals surface area contributed by atoms with Gasteiger partial charge in [0.15, 0.2) is 0 Å². The Labute approximate surface area is 426 Å². The molecule has 0 N–H and O–H groups in total. The lowest BCUT2D eigenvalue weighted by Gasteiger charge is -2.17. The molecule has 0 aliphatic carbocycles. The van der Waals surface area contributed by atoms with Crippen molar-refractivity contribution in [3.63, 3.8) is 0 Å². The largest absolute Gasteiger partial charge is 0.455 e. The van der Waals surface area contributed by atoms with Crippen molar-refractivity contribution in [3.8, 4) is 78.0 Å². The van der Waals surface area contributed by atoms with Crippen LogP contribution < -0.4 is 0 Å². The van der Waals surface area contributed by atoms with Gasteiger partial charge in [-0.15, -0.1) is 0 Å². The van der Waals surface area contributed by atoms with Crippen LogP contribution in [0.15, 0.2) is 211 Å². The van der Waals surface area contributed by atoms with Crippen LogP contribution in [-0.2, 0) is 0 Å². The second-order valence-electron chi connectivity index (χ2n) is 20.1. The molecule has 11 aromatic carbocycles. The molecule has 0 bridgehead atoms. The van der Waals surface area contributed by atoms with Gasteiger partial charge in [0.2, 0.25) is 0 Å². The highest BCUT2D eigenvalue weighted by Gasteiger charge is 2.20. The van der Waals surface area contributed by atoms with Crippen molar-refractivity contribution >= 4 is 54.5 Å². The van der Waals surface area contributed by atoms with Gasteiger partial charge in [0, 0.05) is 32.7 Å². The van der Waals surface area contributed by atoms with E-state index in [1.54, 1.807) is 0 Å². The minimum Gasteiger partial charge on any atom is -0.455 e. The zero-order chi connectivity index (χ0) is 49.5. The van der Waals surface area contributed by atoms with Crippen LogP contribution in [0.4, 0.5) is 0 Å². The monoisotopic (exact) mass is 936 g/mol. The summed E-state index contributed by atoms with van der Waals surface area (Å²) in [6.45, 7) is 13.3. The molecule has 2 aromatic heterocycles. The molecule has 348 valence electrons. The van der Waals surface area contributed by atoms with Gasteiger partial charge >= 0.3 is 0 Å². The first kappa shape index (κ1) is 44.1. The molecular weight excluding hydrogens is 885 g/mol. The van der Waals surface area contributed by atoms with E-state index in [0.29, 0.717) is 0 Å². The molecule has 2 heterocycles. The third-order valence-electron chi connectivity index (χ3n) is 15.0. The number of furan rings is 1. The molecule has 0 unspecified atom stereocenters. The van der Waals surface area contributed by atoms with Crippen molar-refractivity contribution in [3.05, 3.63) is 240 Å². The lowest BCUT2D eigenvalue weighted by atomic mass is 9.88. The van der Waals surface area contributed by atoms with Gasteiger partial charge in [-0.3, -0.25) is 4.98 Å². The van der Waals surface area contributed by atoms with E-state index in [1.165, 1.54) is 72.0 Å². The molecule has 3 nitrogen and oxygen atoms in total. The maximum atomic E-state index is 6.80. The maximum Gasteiger partial charge on any atom is 0.143 e. The summed E-state index contributed by atoms with van der Waals surface area (Å²) in [4.78, 5) is 10.8. The number of benzene rings is 11. The van der Waals surface area contributed by atoms with Gasteiger partial charge in [0.1, 0.15) is 11.2 Å². The molecular formula is C70H52N2O. The fourth-order valence-electron chi connectivity index (χ4n) is 11.9. The van der Waals surface area contributed by atoms with E-state index in [9.17, 15) is 0 Å². The number of aromatic nitrogens is 2. The Hall–Kier alpha value is -8.92. The predicted molar refractivity (Wildman–Crippen MR) is 308 cm³/mol. The second-order valence-corrected chi connectivity index (χ2v) is 20.1.